The van der Waals surface area contributed by atoms with Gasteiger partial charge in [0.1, 0.15) is 0 Å². The fourth-order valence-corrected chi connectivity index (χ4v) is 3.18. The molecule has 82 valence electrons. The lowest BCUT2D eigenvalue weighted by Crippen LogP contribution is -2.56. The van der Waals surface area contributed by atoms with Crippen LogP contribution in [0.25, 0.3) is 0 Å². The van der Waals surface area contributed by atoms with Crippen molar-refractivity contribution in [1.29, 1.82) is 0 Å². The lowest BCUT2D eigenvalue weighted by molar-refractivity contribution is 0.123. The second-order valence-corrected chi connectivity index (χ2v) is 5.49. The van der Waals surface area contributed by atoms with Gasteiger partial charge in [-0.25, -0.2) is 0 Å². The minimum Gasteiger partial charge on any atom is -0.309 e. The quantitative estimate of drug-likeness (QED) is 0.688. The fraction of sp³-hybridized carbons (Fsp3) is 1.00. The average Bonchev–Trinajstić information content (AvgIpc) is 2.50. The van der Waals surface area contributed by atoms with Gasteiger partial charge in [-0.1, -0.05) is 6.92 Å². The van der Waals surface area contributed by atoms with E-state index >= 15 is 0 Å². The molecule has 0 radical (unpaired) electrons. The van der Waals surface area contributed by atoms with Crippen molar-refractivity contribution in [1.82, 2.24) is 10.2 Å². The summed E-state index contributed by atoms with van der Waals surface area (Å²) in [6.45, 7) is 9.51. The number of nitrogens with one attached hydrogen (secondary N) is 1. The number of hydrogen-bond acceptors (Lipinski definition) is 2. The number of piperazine rings is 1. The smallest absolute Gasteiger partial charge is 0.0169 e. The van der Waals surface area contributed by atoms with Gasteiger partial charge in [-0.05, 0) is 39.0 Å². The molecule has 1 aliphatic carbocycles. The van der Waals surface area contributed by atoms with E-state index in [1.807, 2.05) is 0 Å². The molecular weight excluding hydrogens is 172 g/mol. The molecule has 0 aromatic rings. The van der Waals surface area contributed by atoms with Crippen LogP contribution in [0.1, 0.15) is 40.0 Å². The summed E-state index contributed by atoms with van der Waals surface area (Å²) in [5.41, 5.74) is 0. The molecule has 1 saturated carbocycles. The molecule has 0 aromatic carbocycles. The molecule has 1 saturated heterocycles. The van der Waals surface area contributed by atoms with E-state index in [9.17, 15) is 0 Å². The van der Waals surface area contributed by atoms with E-state index in [0.717, 1.165) is 12.0 Å². The Kier molecular flexibility index (Phi) is 3.13. The molecule has 2 nitrogen and oxygen atoms in total. The highest BCUT2D eigenvalue weighted by molar-refractivity contribution is 4.88. The first-order valence-electron chi connectivity index (χ1n) is 6.15. The van der Waals surface area contributed by atoms with Crippen molar-refractivity contribution in [3.63, 3.8) is 0 Å². The van der Waals surface area contributed by atoms with Gasteiger partial charge in [0, 0.05) is 31.2 Å². The largest absolute Gasteiger partial charge is 0.309 e. The van der Waals surface area contributed by atoms with Crippen LogP contribution in [-0.4, -0.2) is 36.1 Å². The van der Waals surface area contributed by atoms with Gasteiger partial charge < -0.3 is 5.32 Å². The summed E-state index contributed by atoms with van der Waals surface area (Å²) in [6.07, 6.45) is 4.30. The van der Waals surface area contributed by atoms with E-state index < -0.39 is 0 Å². The van der Waals surface area contributed by atoms with Crippen LogP contribution in [0, 0.1) is 5.92 Å². The summed E-state index contributed by atoms with van der Waals surface area (Å²) in [4.78, 5) is 2.72. The second-order valence-electron chi connectivity index (χ2n) is 5.49. The zero-order chi connectivity index (χ0) is 10.1. The lowest BCUT2D eigenvalue weighted by atomic mass is 10.1. The highest BCUT2D eigenvalue weighted by Crippen LogP contribution is 2.29. The molecule has 2 heteroatoms. The third-order valence-electron chi connectivity index (χ3n) is 3.77. The molecule has 14 heavy (non-hydrogen) atoms. The fourth-order valence-electron chi connectivity index (χ4n) is 3.18. The van der Waals surface area contributed by atoms with Crippen molar-refractivity contribution in [2.24, 2.45) is 5.92 Å². The SMILES string of the molecule is CC1CCC(N2CC(C)NC(C)C2)C1. The Morgan fingerprint density at radius 2 is 1.64 bits per heavy atom. The van der Waals surface area contributed by atoms with Crippen LogP contribution in [0.3, 0.4) is 0 Å². The zero-order valence-electron chi connectivity index (χ0n) is 9.79. The van der Waals surface area contributed by atoms with Crippen LogP contribution >= 0.6 is 0 Å². The van der Waals surface area contributed by atoms with Crippen molar-refractivity contribution in [2.75, 3.05) is 13.1 Å². The summed E-state index contributed by atoms with van der Waals surface area (Å²) in [6, 6.07) is 2.24. The molecule has 0 aromatic heterocycles. The highest BCUT2D eigenvalue weighted by atomic mass is 15.2. The van der Waals surface area contributed by atoms with Crippen LogP contribution in [0.4, 0.5) is 0 Å². The third kappa shape index (κ3) is 2.29. The van der Waals surface area contributed by atoms with Crippen molar-refractivity contribution in [3.8, 4) is 0 Å². The second kappa shape index (κ2) is 4.19. The van der Waals surface area contributed by atoms with Gasteiger partial charge in [0.2, 0.25) is 0 Å². The van der Waals surface area contributed by atoms with E-state index in [2.05, 4.69) is 31.0 Å². The van der Waals surface area contributed by atoms with Gasteiger partial charge >= 0.3 is 0 Å². The van der Waals surface area contributed by atoms with Gasteiger partial charge in [-0.2, -0.15) is 0 Å². The first-order chi connectivity index (χ1) is 6.65. The Balaban J connectivity index is 1.90. The highest BCUT2D eigenvalue weighted by Gasteiger charge is 2.30. The molecule has 0 spiro atoms. The molecule has 0 bridgehead atoms. The van der Waals surface area contributed by atoms with Gasteiger partial charge in [0.05, 0.1) is 0 Å². The van der Waals surface area contributed by atoms with Crippen LogP contribution < -0.4 is 5.32 Å². The minimum atomic E-state index is 0.676. The predicted molar refractivity (Wildman–Crippen MR) is 60.4 cm³/mol. The van der Waals surface area contributed by atoms with Crippen molar-refractivity contribution in [2.45, 2.75) is 58.2 Å². The topological polar surface area (TPSA) is 15.3 Å². The first kappa shape index (κ1) is 10.4. The summed E-state index contributed by atoms with van der Waals surface area (Å²) in [5, 5.41) is 3.60. The Bertz CT molecular complexity index is 183. The van der Waals surface area contributed by atoms with Crippen molar-refractivity contribution in [3.05, 3.63) is 0 Å². The normalized spacial score (nSPS) is 45.6. The van der Waals surface area contributed by atoms with E-state index in [0.29, 0.717) is 12.1 Å². The molecular formula is C12H24N2. The van der Waals surface area contributed by atoms with Gasteiger partial charge in [-0.3, -0.25) is 4.90 Å². The van der Waals surface area contributed by atoms with E-state index in [1.165, 1.54) is 32.4 Å². The van der Waals surface area contributed by atoms with Crippen LogP contribution in [0.15, 0.2) is 0 Å². The number of hydrogen-bond donors (Lipinski definition) is 1. The van der Waals surface area contributed by atoms with Crippen LogP contribution in [-0.2, 0) is 0 Å². The summed E-state index contributed by atoms with van der Waals surface area (Å²) in [7, 11) is 0. The van der Waals surface area contributed by atoms with Crippen LogP contribution in [0.5, 0.6) is 0 Å². The average molecular weight is 196 g/mol. The maximum atomic E-state index is 3.60. The summed E-state index contributed by atoms with van der Waals surface area (Å²) < 4.78 is 0. The van der Waals surface area contributed by atoms with E-state index in [4.69, 9.17) is 0 Å². The van der Waals surface area contributed by atoms with Crippen LogP contribution in [0.2, 0.25) is 0 Å². The Hall–Kier alpha value is -0.0800. The van der Waals surface area contributed by atoms with E-state index in [1.54, 1.807) is 0 Å². The summed E-state index contributed by atoms with van der Waals surface area (Å²) >= 11 is 0. The zero-order valence-corrected chi connectivity index (χ0v) is 9.79. The van der Waals surface area contributed by atoms with Gasteiger partial charge in [0.25, 0.3) is 0 Å². The maximum absolute atomic E-state index is 3.60. The molecule has 2 fully saturated rings. The van der Waals surface area contributed by atoms with Gasteiger partial charge in [-0.15, -0.1) is 0 Å². The Labute approximate surface area is 88.1 Å². The van der Waals surface area contributed by atoms with E-state index in [-0.39, 0.29) is 0 Å². The molecule has 2 aliphatic rings. The molecule has 1 aliphatic heterocycles. The maximum Gasteiger partial charge on any atom is 0.0169 e. The molecule has 0 amide bonds. The monoisotopic (exact) mass is 196 g/mol. The standard InChI is InChI=1S/C12H24N2/c1-9-4-5-12(6-9)14-7-10(2)13-11(3)8-14/h9-13H,4-8H2,1-3H3. The number of nitrogens with zero attached hydrogens (tertiary/aromatic N) is 1. The van der Waals surface area contributed by atoms with Gasteiger partial charge in [0.15, 0.2) is 0 Å². The first-order valence-corrected chi connectivity index (χ1v) is 6.15. The molecule has 2 rings (SSSR count). The Morgan fingerprint density at radius 1 is 1.00 bits per heavy atom. The minimum absolute atomic E-state index is 0.676. The lowest BCUT2D eigenvalue weighted by Gasteiger charge is -2.39. The Morgan fingerprint density at radius 3 is 2.14 bits per heavy atom. The summed E-state index contributed by atoms with van der Waals surface area (Å²) in [5.74, 6) is 0.959. The van der Waals surface area contributed by atoms with Crippen molar-refractivity contribution >= 4 is 0 Å². The predicted octanol–water partition coefficient (Wildman–Crippen LogP) is 1.86. The molecule has 4 atom stereocenters. The molecule has 1 N–H and O–H groups in total. The number of rotatable bonds is 1. The molecule has 4 unspecified atom stereocenters. The van der Waals surface area contributed by atoms with Crippen molar-refractivity contribution < 1.29 is 0 Å². The molecule has 1 heterocycles. The third-order valence-corrected chi connectivity index (χ3v) is 3.77.